The summed E-state index contributed by atoms with van der Waals surface area (Å²) in [6.07, 6.45) is 0. The Bertz CT molecular complexity index is 749. The first-order valence-corrected chi connectivity index (χ1v) is 8.09. The van der Waals surface area contributed by atoms with Crippen LogP contribution in [0.25, 0.3) is 0 Å². The van der Waals surface area contributed by atoms with Crippen molar-refractivity contribution < 1.29 is 14.3 Å². The zero-order valence-corrected chi connectivity index (χ0v) is 14.4. The molecule has 1 aliphatic heterocycles. The number of carbonyl (C=O) groups is 1. The normalized spacial score (nSPS) is 12.4. The summed E-state index contributed by atoms with van der Waals surface area (Å²) in [6, 6.07) is 12.4. The van der Waals surface area contributed by atoms with Crippen molar-refractivity contribution in [1.82, 2.24) is 5.32 Å². The fourth-order valence-electron chi connectivity index (χ4n) is 2.06. The average molecular weight is 393 g/mol. The minimum absolute atomic E-state index is 0.217. The largest absolute Gasteiger partial charge is 0.486 e. The second-order valence-electron chi connectivity index (χ2n) is 4.77. The van der Waals surface area contributed by atoms with Gasteiger partial charge < -0.3 is 14.8 Å². The molecule has 7 heteroatoms. The highest BCUT2D eigenvalue weighted by Gasteiger charge is 2.13. The summed E-state index contributed by atoms with van der Waals surface area (Å²) in [4.78, 5) is 12.1. The van der Waals surface area contributed by atoms with Crippen molar-refractivity contribution in [1.29, 1.82) is 0 Å². The number of hydrogen-bond acceptors (Lipinski definition) is 4. The minimum atomic E-state index is -0.271. The van der Waals surface area contributed by atoms with Crippen molar-refractivity contribution in [2.45, 2.75) is 0 Å². The zero-order chi connectivity index (χ0) is 16.2. The van der Waals surface area contributed by atoms with Crippen LogP contribution >= 0.6 is 28.1 Å². The summed E-state index contributed by atoms with van der Waals surface area (Å²) < 4.78 is 11.9. The third-order valence-corrected chi connectivity index (χ3v) is 3.87. The smallest absolute Gasteiger partial charge is 0.257 e. The summed E-state index contributed by atoms with van der Waals surface area (Å²) in [5.41, 5.74) is 1.25. The van der Waals surface area contributed by atoms with Crippen LogP contribution in [0.4, 0.5) is 5.69 Å². The lowest BCUT2D eigenvalue weighted by Gasteiger charge is -2.19. The zero-order valence-electron chi connectivity index (χ0n) is 12.0. The molecule has 3 rings (SSSR count). The van der Waals surface area contributed by atoms with Gasteiger partial charge in [0, 0.05) is 21.8 Å². The Morgan fingerprint density at radius 2 is 1.74 bits per heavy atom. The van der Waals surface area contributed by atoms with E-state index in [4.69, 9.17) is 21.7 Å². The van der Waals surface area contributed by atoms with Crippen molar-refractivity contribution in [2.75, 3.05) is 18.5 Å². The number of fused-ring (bicyclic) bond motifs is 1. The minimum Gasteiger partial charge on any atom is -0.486 e. The summed E-state index contributed by atoms with van der Waals surface area (Å²) >= 11 is 8.50. The molecule has 1 amide bonds. The molecule has 2 aromatic rings. The fraction of sp³-hybridized carbons (Fsp3) is 0.125. The number of anilines is 1. The molecule has 0 bridgehead atoms. The van der Waals surface area contributed by atoms with E-state index in [0.717, 1.165) is 10.2 Å². The summed E-state index contributed by atoms with van der Waals surface area (Å²) in [5.74, 6) is 1.09. The van der Waals surface area contributed by atoms with Gasteiger partial charge in [-0.25, -0.2) is 0 Å². The fourth-order valence-corrected chi connectivity index (χ4v) is 2.53. The number of thiocarbonyl (C=S) groups is 1. The highest BCUT2D eigenvalue weighted by atomic mass is 79.9. The Morgan fingerprint density at radius 1 is 1.04 bits per heavy atom. The van der Waals surface area contributed by atoms with Crippen LogP contribution < -0.4 is 20.1 Å². The second-order valence-corrected chi connectivity index (χ2v) is 6.10. The number of benzene rings is 2. The third kappa shape index (κ3) is 4.00. The predicted molar refractivity (Wildman–Crippen MR) is 95.3 cm³/mol. The maximum absolute atomic E-state index is 12.1. The van der Waals surface area contributed by atoms with Gasteiger partial charge >= 0.3 is 0 Å². The van der Waals surface area contributed by atoms with Crippen LogP contribution in [0.1, 0.15) is 10.4 Å². The molecule has 1 heterocycles. The van der Waals surface area contributed by atoms with Crippen LogP contribution in [-0.2, 0) is 0 Å². The SMILES string of the molecule is O=C(NC(=S)Nc1ccc2c(c1)OCCO2)c1ccc(Br)cc1. The molecule has 0 aliphatic carbocycles. The topological polar surface area (TPSA) is 59.6 Å². The van der Waals surface area contributed by atoms with Gasteiger partial charge in [-0.3, -0.25) is 10.1 Å². The molecule has 0 radical (unpaired) electrons. The van der Waals surface area contributed by atoms with Gasteiger partial charge in [0.1, 0.15) is 13.2 Å². The molecule has 0 saturated carbocycles. The molecule has 0 atom stereocenters. The highest BCUT2D eigenvalue weighted by molar-refractivity contribution is 9.10. The Labute approximate surface area is 147 Å². The summed E-state index contributed by atoms with van der Waals surface area (Å²) in [6.45, 7) is 1.06. The van der Waals surface area contributed by atoms with Crippen molar-refractivity contribution in [2.24, 2.45) is 0 Å². The van der Waals surface area contributed by atoms with E-state index >= 15 is 0 Å². The van der Waals surface area contributed by atoms with E-state index in [9.17, 15) is 4.79 Å². The van der Waals surface area contributed by atoms with Gasteiger partial charge in [-0.05, 0) is 48.6 Å². The van der Waals surface area contributed by atoms with Crippen molar-refractivity contribution in [3.05, 3.63) is 52.5 Å². The summed E-state index contributed by atoms with van der Waals surface area (Å²) in [5, 5.41) is 5.81. The van der Waals surface area contributed by atoms with Gasteiger partial charge in [-0.15, -0.1) is 0 Å². The molecule has 1 aliphatic rings. The van der Waals surface area contributed by atoms with E-state index < -0.39 is 0 Å². The van der Waals surface area contributed by atoms with Crippen LogP contribution in [0.3, 0.4) is 0 Å². The van der Waals surface area contributed by atoms with E-state index in [1.807, 2.05) is 6.07 Å². The molecule has 0 saturated heterocycles. The standard InChI is InChI=1S/C16H13BrN2O3S/c17-11-3-1-10(2-4-11)15(20)19-16(23)18-12-5-6-13-14(9-12)22-8-7-21-13/h1-6,9H,7-8H2,(H2,18,19,20,23). The lowest BCUT2D eigenvalue weighted by atomic mass is 10.2. The van der Waals surface area contributed by atoms with Gasteiger partial charge in [-0.2, -0.15) is 0 Å². The highest BCUT2D eigenvalue weighted by Crippen LogP contribution is 2.32. The quantitative estimate of drug-likeness (QED) is 0.767. The number of rotatable bonds is 2. The van der Waals surface area contributed by atoms with Crippen molar-refractivity contribution in [3.8, 4) is 11.5 Å². The van der Waals surface area contributed by atoms with Gasteiger partial charge in [0.25, 0.3) is 5.91 Å². The number of hydrogen-bond donors (Lipinski definition) is 2. The van der Waals surface area contributed by atoms with Gasteiger partial charge in [0.15, 0.2) is 16.6 Å². The van der Waals surface area contributed by atoms with E-state index in [2.05, 4.69) is 26.6 Å². The van der Waals surface area contributed by atoms with Crippen LogP contribution in [0.5, 0.6) is 11.5 Å². The van der Waals surface area contributed by atoms with Crippen molar-refractivity contribution in [3.63, 3.8) is 0 Å². The summed E-state index contributed by atoms with van der Waals surface area (Å²) in [7, 11) is 0. The number of amides is 1. The number of carbonyl (C=O) groups excluding carboxylic acids is 1. The molecular weight excluding hydrogens is 380 g/mol. The van der Waals surface area contributed by atoms with Crippen LogP contribution in [-0.4, -0.2) is 24.2 Å². The first kappa shape index (κ1) is 15.8. The van der Waals surface area contributed by atoms with Crippen LogP contribution in [0, 0.1) is 0 Å². The lowest BCUT2D eigenvalue weighted by Crippen LogP contribution is -2.34. The maximum Gasteiger partial charge on any atom is 0.257 e. The molecule has 2 aromatic carbocycles. The Morgan fingerprint density at radius 3 is 2.48 bits per heavy atom. The maximum atomic E-state index is 12.1. The Hall–Kier alpha value is -2.12. The lowest BCUT2D eigenvalue weighted by molar-refractivity contribution is 0.0977. The predicted octanol–water partition coefficient (Wildman–Crippen LogP) is 3.35. The van der Waals surface area contributed by atoms with E-state index in [1.165, 1.54) is 0 Å². The van der Waals surface area contributed by atoms with E-state index in [1.54, 1.807) is 36.4 Å². The Kier molecular flexibility index (Phi) is 4.78. The van der Waals surface area contributed by atoms with E-state index in [-0.39, 0.29) is 11.0 Å². The molecule has 0 aromatic heterocycles. The van der Waals surface area contributed by atoms with Gasteiger partial charge in [0.2, 0.25) is 0 Å². The molecule has 2 N–H and O–H groups in total. The number of ether oxygens (including phenoxy) is 2. The van der Waals surface area contributed by atoms with Crippen molar-refractivity contribution >= 4 is 44.9 Å². The molecule has 118 valence electrons. The first-order valence-electron chi connectivity index (χ1n) is 6.89. The third-order valence-electron chi connectivity index (χ3n) is 3.13. The van der Waals surface area contributed by atoms with Gasteiger partial charge in [-0.1, -0.05) is 15.9 Å². The molecule has 5 nitrogen and oxygen atoms in total. The van der Waals surface area contributed by atoms with Crippen LogP contribution in [0.2, 0.25) is 0 Å². The second kappa shape index (κ2) is 6.97. The van der Waals surface area contributed by atoms with Crippen LogP contribution in [0.15, 0.2) is 46.9 Å². The number of nitrogens with one attached hydrogen (secondary N) is 2. The monoisotopic (exact) mass is 392 g/mol. The first-order chi connectivity index (χ1) is 11.1. The van der Waals surface area contributed by atoms with E-state index in [0.29, 0.717) is 30.3 Å². The number of halogens is 1. The molecule has 0 unspecified atom stereocenters. The molecule has 0 fully saturated rings. The average Bonchev–Trinajstić information content (AvgIpc) is 2.55. The molecular formula is C16H13BrN2O3S. The molecule has 0 spiro atoms. The molecule has 23 heavy (non-hydrogen) atoms. The Balaban J connectivity index is 1.63. The van der Waals surface area contributed by atoms with Gasteiger partial charge in [0.05, 0.1) is 0 Å².